The molecule has 0 aliphatic carbocycles. The van der Waals surface area contributed by atoms with Gasteiger partial charge in [-0.15, -0.1) is 0 Å². The zero-order valence-corrected chi connectivity index (χ0v) is 12.2. The maximum Gasteiger partial charge on any atom is 0.217 e. The Balaban J connectivity index is 2.80. The average Bonchev–Trinajstić information content (AvgIpc) is 2.41. The highest BCUT2D eigenvalue weighted by Crippen LogP contribution is 2.24. The first-order valence-electron chi connectivity index (χ1n) is 6.91. The van der Waals surface area contributed by atoms with Gasteiger partial charge in [0.15, 0.2) is 6.29 Å². The largest absolute Gasteiger partial charge is 0.394 e. The van der Waals surface area contributed by atoms with Crippen molar-refractivity contribution in [2.75, 3.05) is 20.3 Å². The number of nitrogens with one attached hydrogen (secondary N) is 1. The summed E-state index contributed by atoms with van der Waals surface area (Å²) in [5.74, 6) is -0.264. The highest BCUT2D eigenvalue weighted by atomic mass is 16.7. The summed E-state index contributed by atoms with van der Waals surface area (Å²) >= 11 is 0. The minimum atomic E-state index is -1.03. The van der Waals surface area contributed by atoms with E-state index in [-0.39, 0.29) is 12.5 Å². The Bertz CT molecular complexity index is 301. The number of carbonyl (C=O) groups is 1. The molecule has 1 amide bonds. The number of methoxy groups -OCH3 is 1. The molecule has 0 aromatic carbocycles. The van der Waals surface area contributed by atoms with E-state index in [2.05, 4.69) is 5.32 Å². The van der Waals surface area contributed by atoms with Gasteiger partial charge in [0.2, 0.25) is 5.91 Å². The molecule has 0 spiro atoms. The lowest BCUT2D eigenvalue weighted by Crippen LogP contribution is -2.65. The van der Waals surface area contributed by atoms with Crippen LogP contribution in [0.3, 0.4) is 0 Å². The average molecular weight is 291 g/mol. The number of amides is 1. The van der Waals surface area contributed by atoms with E-state index in [1.54, 1.807) is 0 Å². The van der Waals surface area contributed by atoms with Crippen LogP contribution < -0.4 is 5.32 Å². The van der Waals surface area contributed by atoms with Gasteiger partial charge < -0.3 is 29.7 Å². The zero-order valence-electron chi connectivity index (χ0n) is 12.2. The van der Waals surface area contributed by atoms with Crippen molar-refractivity contribution in [1.82, 2.24) is 5.32 Å². The third-order valence-electron chi connectivity index (χ3n) is 3.28. The van der Waals surface area contributed by atoms with E-state index >= 15 is 0 Å². The predicted octanol–water partition coefficient (Wildman–Crippen LogP) is -0.599. The third-order valence-corrected chi connectivity index (χ3v) is 3.28. The van der Waals surface area contributed by atoms with Gasteiger partial charge in [0, 0.05) is 20.6 Å². The van der Waals surface area contributed by atoms with E-state index < -0.39 is 30.6 Å². The first-order chi connectivity index (χ1) is 9.54. The molecule has 1 saturated heterocycles. The van der Waals surface area contributed by atoms with Gasteiger partial charge >= 0.3 is 0 Å². The molecule has 0 aromatic rings. The molecule has 7 nitrogen and oxygen atoms in total. The molecule has 118 valence electrons. The SMILES string of the molecule is CCCCO[C@@H]1O[C@H](CO)[C@@H](O)[C@H](OC)[C@H]1NC(C)=O. The standard InChI is InChI=1S/C13H25NO6/c1-4-5-6-19-13-10(14-8(2)16)12(18-3)11(17)9(7-15)20-13/h9-13,15,17H,4-7H2,1-3H3,(H,14,16)/t9-,10-,11-,12-,13-/m1/s1. The smallest absolute Gasteiger partial charge is 0.217 e. The van der Waals surface area contributed by atoms with Crippen molar-refractivity contribution in [3.63, 3.8) is 0 Å². The molecule has 7 heteroatoms. The first-order valence-corrected chi connectivity index (χ1v) is 6.91. The van der Waals surface area contributed by atoms with Crippen molar-refractivity contribution in [1.29, 1.82) is 0 Å². The lowest BCUT2D eigenvalue weighted by molar-refractivity contribution is -0.273. The second kappa shape index (κ2) is 8.53. The van der Waals surface area contributed by atoms with Crippen LogP contribution in [0.4, 0.5) is 0 Å². The van der Waals surface area contributed by atoms with Crippen LogP contribution in [0, 0.1) is 0 Å². The van der Waals surface area contributed by atoms with Crippen molar-refractivity contribution in [3.05, 3.63) is 0 Å². The van der Waals surface area contributed by atoms with Crippen molar-refractivity contribution in [3.8, 4) is 0 Å². The fourth-order valence-corrected chi connectivity index (χ4v) is 2.23. The minimum absolute atomic E-state index is 0.264. The van der Waals surface area contributed by atoms with Gasteiger partial charge in [-0.25, -0.2) is 0 Å². The molecule has 1 heterocycles. The number of hydrogen-bond acceptors (Lipinski definition) is 6. The fraction of sp³-hybridized carbons (Fsp3) is 0.923. The molecule has 1 aliphatic rings. The molecule has 5 atom stereocenters. The summed E-state index contributed by atoms with van der Waals surface area (Å²) in [7, 11) is 1.44. The Morgan fingerprint density at radius 3 is 2.65 bits per heavy atom. The molecule has 0 radical (unpaired) electrons. The van der Waals surface area contributed by atoms with E-state index in [0.29, 0.717) is 6.61 Å². The Morgan fingerprint density at radius 1 is 1.45 bits per heavy atom. The Kier molecular flexibility index (Phi) is 7.39. The van der Waals surface area contributed by atoms with Crippen molar-refractivity contribution < 1.29 is 29.2 Å². The lowest BCUT2D eigenvalue weighted by atomic mass is 9.96. The molecular formula is C13H25NO6. The van der Waals surface area contributed by atoms with Gasteiger partial charge in [-0.05, 0) is 6.42 Å². The molecule has 0 unspecified atom stereocenters. The van der Waals surface area contributed by atoms with E-state index in [1.807, 2.05) is 6.92 Å². The number of ether oxygens (including phenoxy) is 3. The third kappa shape index (κ3) is 4.39. The van der Waals surface area contributed by atoms with Crippen LogP contribution in [-0.2, 0) is 19.0 Å². The summed E-state index contributed by atoms with van der Waals surface area (Å²) in [5, 5.41) is 22.0. The molecule has 0 aromatic heterocycles. The van der Waals surface area contributed by atoms with Gasteiger partial charge in [-0.3, -0.25) is 4.79 Å². The predicted molar refractivity (Wildman–Crippen MR) is 71.0 cm³/mol. The van der Waals surface area contributed by atoms with Crippen LogP contribution in [0.5, 0.6) is 0 Å². The van der Waals surface area contributed by atoms with Crippen LogP contribution >= 0.6 is 0 Å². The summed E-state index contributed by atoms with van der Waals surface area (Å²) < 4.78 is 16.4. The van der Waals surface area contributed by atoms with Crippen molar-refractivity contribution in [2.45, 2.75) is 57.3 Å². The zero-order chi connectivity index (χ0) is 15.1. The molecule has 1 fully saturated rings. The number of rotatable bonds is 7. The van der Waals surface area contributed by atoms with Crippen LogP contribution in [0.1, 0.15) is 26.7 Å². The number of aliphatic hydroxyl groups excluding tert-OH is 2. The quantitative estimate of drug-likeness (QED) is 0.542. The second-order valence-corrected chi connectivity index (χ2v) is 4.87. The normalized spacial score (nSPS) is 34.0. The fourth-order valence-electron chi connectivity index (χ4n) is 2.23. The second-order valence-electron chi connectivity index (χ2n) is 4.87. The van der Waals surface area contributed by atoms with Gasteiger partial charge in [-0.1, -0.05) is 13.3 Å². The van der Waals surface area contributed by atoms with E-state index in [1.165, 1.54) is 14.0 Å². The summed E-state index contributed by atoms with van der Waals surface area (Å²) in [4.78, 5) is 11.3. The summed E-state index contributed by atoms with van der Waals surface area (Å²) in [6.45, 7) is 3.54. The molecule has 3 N–H and O–H groups in total. The lowest BCUT2D eigenvalue weighted by Gasteiger charge is -2.43. The van der Waals surface area contributed by atoms with Crippen molar-refractivity contribution >= 4 is 5.91 Å². The van der Waals surface area contributed by atoms with Crippen LogP contribution in [0.2, 0.25) is 0 Å². The van der Waals surface area contributed by atoms with Gasteiger partial charge in [0.1, 0.15) is 24.4 Å². The number of carbonyl (C=O) groups excluding carboxylic acids is 1. The van der Waals surface area contributed by atoms with Gasteiger partial charge in [0.05, 0.1) is 6.61 Å². The minimum Gasteiger partial charge on any atom is -0.394 e. The highest BCUT2D eigenvalue weighted by Gasteiger charge is 2.46. The molecule has 0 saturated carbocycles. The van der Waals surface area contributed by atoms with Crippen LogP contribution in [0.15, 0.2) is 0 Å². The Morgan fingerprint density at radius 2 is 2.15 bits per heavy atom. The van der Waals surface area contributed by atoms with Gasteiger partial charge in [0.25, 0.3) is 0 Å². The maximum atomic E-state index is 11.3. The monoisotopic (exact) mass is 291 g/mol. The number of hydrogen-bond donors (Lipinski definition) is 3. The molecular weight excluding hydrogens is 266 g/mol. The van der Waals surface area contributed by atoms with E-state index in [4.69, 9.17) is 14.2 Å². The molecule has 0 bridgehead atoms. The summed E-state index contributed by atoms with van der Waals surface area (Å²) in [6.07, 6.45) is -1.45. The first kappa shape index (κ1) is 17.3. The number of aliphatic hydroxyl groups is 2. The maximum absolute atomic E-state index is 11.3. The van der Waals surface area contributed by atoms with Crippen LogP contribution in [-0.4, -0.2) is 67.1 Å². The highest BCUT2D eigenvalue weighted by molar-refractivity contribution is 5.73. The molecule has 1 aliphatic heterocycles. The molecule has 20 heavy (non-hydrogen) atoms. The van der Waals surface area contributed by atoms with Crippen molar-refractivity contribution in [2.24, 2.45) is 0 Å². The number of unbranched alkanes of at least 4 members (excludes halogenated alkanes) is 1. The Labute approximate surface area is 119 Å². The molecule has 1 rings (SSSR count). The summed E-state index contributed by atoms with van der Waals surface area (Å²) in [5.41, 5.74) is 0. The Hall–Kier alpha value is -0.730. The van der Waals surface area contributed by atoms with E-state index in [9.17, 15) is 15.0 Å². The topological polar surface area (TPSA) is 97.2 Å². The summed E-state index contributed by atoms with van der Waals surface area (Å²) in [6, 6.07) is -0.618. The van der Waals surface area contributed by atoms with E-state index in [0.717, 1.165) is 12.8 Å². The van der Waals surface area contributed by atoms with Crippen LogP contribution in [0.25, 0.3) is 0 Å². The van der Waals surface area contributed by atoms with Gasteiger partial charge in [-0.2, -0.15) is 0 Å².